The Kier molecular flexibility index (Phi) is 7.45. The van der Waals surface area contributed by atoms with Gasteiger partial charge in [-0.25, -0.2) is 4.98 Å². The van der Waals surface area contributed by atoms with Crippen LogP contribution in [0.3, 0.4) is 0 Å². The van der Waals surface area contributed by atoms with Gasteiger partial charge in [-0.3, -0.25) is 9.78 Å². The maximum atomic E-state index is 11.2. The predicted octanol–water partition coefficient (Wildman–Crippen LogP) is 6.98. The predicted molar refractivity (Wildman–Crippen MR) is 153 cm³/mol. The minimum absolute atomic E-state index is 0.0597. The molecule has 41 heavy (non-hydrogen) atoms. The van der Waals surface area contributed by atoms with Crippen molar-refractivity contribution in [2.75, 3.05) is 0 Å². The molecule has 1 fully saturated rings. The van der Waals surface area contributed by atoms with Gasteiger partial charge in [0, 0.05) is 11.1 Å². The van der Waals surface area contributed by atoms with Crippen LogP contribution in [0.1, 0.15) is 35.6 Å². The van der Waals surface area contributed by atoms with Gasteiger partial charge in [0.1, 0.15) is 23.7 Å². The molecule has 0 saturated heterocycles. The number of hydrogen-bond acceptors (Lipinski definition) is 8. The molecule has 0 spiro atoms. The fraction of sp³-hybridized carbons (Fsp3) is 0.161. The highest BCUT2D eigenvalue weighted by atomic mass is 35.5. The third-order valence-corrected chi connectivity index (χ3v) is 7.80. The molecular weight excluding hydrogens is 565 g/mol. The van der Waals surface area contributed by atoms with Crippen molar-refractivity contribution in [3.63, 3.8) is 0 Å². The molecule has 1 aliphatic carbocycles. The number of nitrogens with zero attached hydrogens (tertiary/aromatic N) is 3. The SMILES string of the molecule is O=COc1cccc(C2CC(O)(c3cnc(OCc4c(-c5c(Cl)cccc5Cl)noc4-c4ccccc4)cn3)C2)c1. The summed E-state index contributed by atoms with van der Waals surface area (Å²) in [5, 5.41) is 16.3. The Bertz CT molecular complexity index is 1670. The molecule has 206 valence electrons. The van der Waals surface area contributed by atoms with Crippen molar-refractivity contribution in [1.82, 2.24) is 15.1 Å². The molecule has 0 unspecified atom stereocenters. The average Bonchev–Trinajstić information content (AvgIpc) is 3.39. The standard InChI is InChI=1S/C31H23Cl2N3O5/c32-24-10-5-11-25(33)28(24)29-23(30(41-36-29)19-6-2-1-3-7-19)17-39-27-16-34-26(15-35-27)31(38)13-21(14-31)20-8-4-9-22(12-20)40-18-37/h1-12,15-16,18,21,38H,13-14,17H2. The molecular formula is C31H23Cl2N3O5. The van der Waals surface area contributed by atoms with E-state index >= 15 is 0 Å². The highest BCUT2D eigenvalue weighted by molar-refractivity contribution is 6.39. The quantitative estimate of drug-likeness (QED) is 0.184. The molecule has 0 atom stereocenters. The van der Waals surface area contributed by atoms with E-state index in [2.05, 4.69) is 15.1 Å². The Balaban J connectivity index is 1.20. The number of aliphatic hydroxyl groups is 1. The number of benzene rings is 3. The zero-order valence-corrected chi connectivity index (χ0v) is 23.0. The second-order valence-electron chi connectivity index (χ2n) is 9.75. The monoisotopic (exact) mass is 587 g/mol. The van der Waals surface area contributed by atoms with E-state index in [9.17, 15) is 9.90 Å². The molecule has 1 aliphatic rings. The average molecular weight is 588 g/mol. The van der Waals surface area contributed by atoms with Crippen LogP contribution in [0.4, 0.5) is 0 Å². The van der Waals surface area contributed by atoms with Crippen molar-refractivity contribution in [2.45, 2.75) is 31.0 Å². The van der Waals surface area contributed by atoms with E-state index in [0.29, 0.717) is 63.4 Å². The minimum Gasteiger partial charge on any atom is -0.471 e. The van der Waals surface area contributed by atoms with Gasteiger partial charge >= 0.3 is 0 Å². The second-order valence-corrected chi connectivity index (χ2v) is 10.6. The molecule has 2 aromatic heterocycles. The van der Waals surface area contributed by atoms with Gasteiger partial charge in [0.15, 0.2) is 5.76 Å². The van der Waals surface area contributed by atoms with Gasteiger partial charge in [-0.1, -0.05) is 76.9 Å². The van der Waals surface area contributed by atoms with Crippen LogP contribution in [0.25, 0.3) is 22.6 Å². The lowest BCUT2D eigenvalue weighted by Gasteiger charge is -2.43. The van der Waals surface area contributed by atoms with Crippen LogP contribution >= 0.6 is 23.2 Å². The number of carbonyl (C=O) groups is 1. The number of ether oxygens (including phenoxy) is 2. The molecule has 1 saturated carbocycles. The summed E-state index contributed by atoms with van der Waals surface area (Å²) in [4.78, 5) is 19.5. The van der Waals surface area contributed by atoms with E-state index < -0.39 is 5.60 Å². The van der Waals surface area contributed by atoms with Crippen LogP contribution in [0, 0.1) is 0 Å². The van der Waals surface area contributed by atoms with E-state index in [-0.39, 0.29) is 18.4 Å². The largest absolute Gasteiger partial charge is 0.471 e. The van der Waals surface area contributed by atoms with Gasteiger partial charge in [0.25, 0.3) is 6.47 Å². The van der Waals surface area contributed by atoms with Crippen LogP contribution in [0.5, 0.6) is 11.6 Å². The zero-order chi connectivity index (χ0) is 28.4. The van der Waals surface area contributed by atoms with Gasteiger partial charge in [-0.05, 0) is 48.6 Å². The van der Waals surface area contributed by atoms with E-state index in [1.165, 1.54) is 12.4 Å². The van der Waals surface area contributed by atoms with E-state index in [0.717, 1.165) is 11.1 Å². The van der Waals surface area contributed by atoms with Crippen LogP contribution in [0.15, 0.2) is 89.7 Å². The zero-order valence-electron chi connectivity index (χ0n) is 21.5. The first-order valence-corrected chi connectivity index (χ1v) is 13.6. The molecule has 6 rings (SSSR count). The fourth-order valence-electron chi connectivity index (χ4n) is 5.05. The Morgan fingerprint density at radius 3 is 2.44 bits per heavy atom. The van der Waals surface area contributed by atoms with Gasteiger partial charge in [0.05, 0.1) is 33.7 Å². The van der Waals surface area contributed by atoms with Crippen molar-refractivity contribution in [1.29, 1.82) is 0 Å². The number of carbonyl (C=O) groups excluding carboxylic acids is 1. The van der Waals surface area contributed by atoms with E-state index in [1.807, 2.05) is 42.5 Å². The highest BCUT2D eigenvalue weighted by Crippen LogP contribution is 2.50. The Labute approximate surface area is 245 Å². The first-order chi connectivity index (χ1) is 19.9. The maximum absolute atomic E-state index is 11.2. The fourth-order valence-corrected chi connectivity index (χ4v) is 5.63. The number of hydrogen-bond donors (Lipinski definition) is 1. The second kappa shape index (κ2) is 11.3. The molecule has 1 N–H and O–H groups in total. The van der Waals surface area contributed by atoms with Crippen LogP contribution in [0.2, 0.25) is 10.0 Å². The maximum Gasteiger partial charge on any atom is 0.298 e. The summed E-state index contributed by atoms with van der Waals surface area (Å²) in [7, 11) is 0. The third-order valence-electron chi connectivity index (χ3n) is 7.17. The summed E-state index contributed by atoms with van der Waals surface area (Å²) >= 11 is 13.0. The summed E-state index contributed by atoms with van der Waals surface area (Å²) in [6.45, 7) is 0.456. The number of aromatic nitrogens is 3. The molecule has 2 heterocycles. The molecule has 0 radical (unpaired) electrons. The molecule has 8 nitrogen and oxygen atoms in total. The molecule has 10 heteroatoms. The summed E-state index contributed by atoms with van der Waals surface area (Å²) in [6, 6.07) is 22.1. The molecule has 5 aromatic rings. The normalized spacial score (nSPS) is 18.0. The summed E-state index contributed by atoms with van der Waals surface area (Å²) < 4.78 is 16.7. The van der Waals surface area contributed by atoms with Crippen LogP contribution < -0.4 is 9.47 Å². The molecule has 0 aliphatic heterocycles. The van der Waals surface area contributed by atoms with Gasteiger partial charge in [0.2, 0.25) is 5.88 Å². The first kappa shape index (κ1) is 27.0. The van der Waals surface area contributed by atoms with Crippen LogP contribution in [-0.4, -0.2) is 26.7 Å². The third kappa shape index (κ3) is 5.41. The Morgan fingerprint density at radius 2 is 1.73 bits per heavy atom. The Morgan fingerprint density at radius 1 is 0.976 bits per heavy atom. The van der Waals surface area contributed by atoms with Crippen molar-refractivity contribution in [2.24, 2.45) is 0 Å². The lowest BCUT2D eigenvalue weighted by Crippen LogP contribution is -2.40. The van der Waals surface area contributed by atoms with Gasteiger partial charge < -0.3 is 19.1 Å². The highest BCUT2D eigenvalue weighted by Gasteiger charge is 2.46. The lowest BCUT2D eigenvalue weighted by atomic mass is 9.66. The van der Waals surface area contributed by atoms with Crippen molar-refractivity contribution in [3.8, 4) is 34.2 Å². The van der Waals surface area contributed by atoms with Crippen molar-refractivity contribution >= 4 is 29.7 Å². The summed E-state index contributed by atoms with van der Waals surface area (Å²) in [5.41, 5.74) is 2.82. The number of halogens is 2. The molecule has 3 aromatic carbocycles. The van der Waals surface area contributed by atoms with Gasteiger partial charge in [-0.2, -0.15) is 0 Å². The van der Waals surface area contributed by atoms with E-state index in [1.54, 1.807) is 30.3 Å². The Hall–Kier alpha value is -4.24. The van der Waals surface area contributed by atoms with E-state index in [4.69, 9.17) is 37.2 Å². The molecule has 0 bridgehead atoms. The molecule has 0 amide bonds. The topological polar surface area (TPSA) is 108 Å². The lowest BCUT2D eigenvalue weighted by molar-refractivity contribution is -0.120. The van der Waals surface area contributed by atoms with Gasteiger partial charge in [-0.15, -0.1) is 0 Å². The summed E-state index contributed by atoms with van der Waals surface area (Å²) in [5.74, 6) is 1.37. The smallest absolute Gasteiger partial charge is 0.298 e. The van der Waals surface area contributed by atoms with Crippen LogP contribution in [-0.2, 0) is 17.0 Å². The van der Waals surface area contributed by atoms with Crippen molar-refractivity contribution in [3.05, 3.63) is 112 Å². The van der Waals surface area contributed by atoms with Crippen molar-refractivity contribution < 1.29 is 23.9 Å². The first-order valence-electron chi connectivity index (χ1n) is 12.8. The summed E-state index contributed by atoms with van der Waals surface area (Å²) in [6.07, 6.45) is 3.94. The minimum atomic E-state index is -1.11. The number of rotatable bonds is 9.